The van der Waals surface area contributed by atoms with Crippen LogP contribution in [-0.2, 0) is 14.9 Å². The van der Waals surface area contributed by atoms with Gasteiger partial charge in [-0.3, -0.25) is 9.69 Å². The molecule has 0 saturated heterocycles. The minimum atomic E-state index is -1.94. The Morgan fingerprint density at radius 2 is 1.56 bits per heavy atom. The molecule has 4 nitrogen and oxygen atoms in total. The number of nitrogens with zero attached hydrogens (tertiary/aromatic N) is 1. The molecule has 5 rings (SSSR count). The third kappa shape index (κ3) is 5.99. The summed E-state index contributed by atoms with van der Waals surface area (Å²) in [6.45, 7) is 20.6. The molecule has 1 fully saturated rings. The van der Waals surface area contributed by atoms with Crippen molar-refractivity contribution in [3.05, 3.63) is 111 Å². The summed E-state index contributed by atoms with van der Waals surface area (Å²) in [5.41, 5.74) is 3.84. The van der Waals surface area contributed by atoms with Crippen molar-refractivity contribution in [3.8, 4) is 0 Å². The normalized spacial score (nSPS) is 20.2. The standard InChI is InChI=1S/C36H43Cl2NO3Si/c1-24(2)27-11-18-32-31(21-27)33(40)39(25(3)26-9-14-29(37)15-10-26)36(32,28-12-16-30(38)17-13-28)41-22-35(19-20-35)23-42-43(7,8)34(4,5)6/h9-18,21,25H,1,19-20,22-23H2,2-8H3/t25-,36+/m0/s1. The number of hydrogen-bond acceptors (Lipinski definition) is 3. The van der Waals surface area contributed by atoms with Crippen LogP contribution in [0.15, 0.2) is 73.3 Å². The number of carbonyl (C=O) groups is 1. The summed E-state index contributed by atoms with van der Waals surface area (Å²) < 4.78 is 13.9. The van der Waals surface area contributed by atoms with Crippen LogP contribution in [0.3, 0.4) is 0 Å². The molecule has 0 bridgehead atoms. The van der Waals surface area contributed by atoms with Gasteiger partial charge in [-0.25, -0.2) is 0 Å². The molecule has 0 N–H and O–H groups in total. The molecule has 3 aromatic rings. The fourth-order valence-electron chi connectivity index (χ4n) is 5.54. The Balaban J connectivity index is 1.62. The first kappa shape index (κ1) is 32.0. The number of halogens is 2. The van der Waals surface area contributed by atoms with Crippen molar-refractivity contribution in [2.75, 3.05) is 13.2 Å². The maximum atomic E-state index is 14.6. The molecule has 1 aliphatic carbocycles. The van der Waals surface area contributed by atoms with E-state index >= 15 is 0 Å². The second kappa shape index (κ2) is 11.5. The Morgan fingerprint density at radius 1 is 0.977 bits per heavy atom. The second-order valence-corrected chi connectivity index (χ2v) is 19.6. The fraction of sp³-hybridized carbons (Fsp3) is 0.417. The van der Waals surface area contributed by atoms with Gasteiger partial charge in [0.1, 0.15) is 0 Å². The van der Waals surface area contributed by atoms with Crippen molar-refractivity contribution in [3.63, 3.8) is 0 Å². The lowest BCUT2D eigenvalue weighted by Gasteiger charge is -2.44. The predicted molar refractivity (Wildman–Crippen MR) is 180 cm³/mol. The van der Waals surface area contributed by atoms with E-state index in [4.69, 9.17) is 32.4 Å². The molecule has 228 valence electrons. The zero-order valence-corrected chi connectivity index (χ0v) is 28.9. The van der Waals surface area contributed by atoms with Gasteiger partial charge in [0, 0.05) is 38.8 Å². The number of hydrogen-bond donors (Lipinski definition) is 0. The molecular weight excluding hydrogens is 593 g/mol. The lowest BCUT2D eigenvalue weighted by molar-refractivity contribution is -0.137. The second-order valence-electron chi connectivity index (χ2n) is 13.9. The van der Waals surface area contributed by atoms with E-state index in [-0.39, 0.29) is 22.4 Å². The van der Waals surface area contributed by atoms with Gasteiger partial charge in [-0.1, -0.05) is 92.5 Å². The number of fused-ring (bicyclic) bond motifs is 1. The molecule has 0 aromatic heterocycles. The van der Waals surface area contributed by atoms with E-state index in [0.29, 0.717) is 28.8 Å². The Bertz CT molecular complexity index is 1520. The number of amides is 1. The molecule has 0 spiro atoms. The first-order valence-corrected chi connectivity index (χ1v) is 18.7. The van der Waals surface area contributed by atoms with Crippen LogP contribution >= 0.6 is 23.2 Å². The van der Waals surface area contributed by atoms with Crippen LogP contribution in [0.2, 0.25) is 28.2 Å². The van der Waals surface area contributed by atoms with Crippen LogP contribution in [0.4, 0.5) is 0 Å². The van der Waals surface area contributed by atoms with E-state index in [1.165, 1.54) is 0 Å². The van der Waals surface area contributed by atoms with E-state index in [9.17, 15) is 4.79 Å². The van der Waals surface area contributed by atoms with Crippen LogP contribution < -0.4 is 0 Å². The highest BCUT2D eigenvalue weighted by Gasteiger charge is 2.56. The lowest BCUT2D eigenvalue weighted by Crippen LogP contribution is -2.49. The topological polar surface area (TPSA) is 38.8 Å². The monoisotopic (exact) mass is 635 g/mol. The number of ether oxygens (including phenoxy) is 1. The van der Waals surface area contributed by atoms with Crippen LogP contribution in [0.1, 0.15) is 86.1 Å². The maximum absolute atomic E-state index is 14.6. The number of carbonyl (C=O) groups excluding carboxylic acids is 1. The van der Waals surface area contributed by atoms with Crippen LogP contribution in [-0.4, -0.2) is 32.3 Å². The Morgan fingerprint density at radius 3 is 2.09 bits per heavy atom. The molecule has 1 amide bonds. The molecule has 0 radical (unpaired) electrons. The van der Waals surface area contributed by atoms with Crippen molar-refractivity contribution < 1.29 is 14.0 Å². The zero-order valence-electron chi connectivity index (χ0n) is 26.4. The smallest absolute Gasteiger partial charge is 0.257 e. The highest BCUT2D eigenvalue weighted by molar-refractivity contribution is 6.74. The van der Waals surface area contributed by atoms with Crippen molar-refractivity contribution in [1.82, 2.24) is 4.90 Å². The molecule has 2 aliphatic rings. The molecule has 7 heteroatoms. The summed E-state index contributed by atoms with van der Waals surface area (Å²) in [6, 6.07) is 21.1. The highest BCUT2D eigenvalue weighted by Crippen LogP contribution is 2.54. The quantitative estimate of drug-likeness (QED) is 0.208. The number of rotatable bonds is 10. The highest BCUT2D eigenvalue weighted by atomic mass is 35.5. The summed E-state index contributed by atoms with van der Waals surface area (Å²) in [5, 5.41) is 1.40. The van der Waals surface area contributed by atoms with Gasteiger partial charge in [-0.2, -0.15) is 0 Å². The third-order valence-corrected chi connectivity index (χ3v) is 14.7. The van der Waals surface area contributed by atoms with Gasteiger partial charge in [-0.15, -0.1) is 0 Å². The van der Waals surface area contributed by atoms with E-state index in [2.05, 4.69) is 40.4 Å². The van der Waals surface area contributed by atoms with Crippen LogP contribution in [0.5, 0.6) is 0 Å². The largest absolute Gasteiger partial charge is 0.416 e. The van der Waals surface area contributed by atoms with Crippen molar-refractivity contribution in [2.45, 2.75) is 77.4 Å². The first-order valence-electron chi connectivity index (χ1n) is 15.0. The van der Waals surface area contributed by atoms with Gasteiger partial charge in [-0.05, 0) is 86.3 Å². The van der Waals surface area contributed by atoms with Crippen LogP contribution in [0, 0.1) is 5.41 Å². The van der Waals surface area contributed by atoms with Gasteiger partial charge in [0.25, 0.3) is 5.91 Å². The molecule has 2 atom stereocenters. The van der Waals surface area contributed by atoms with Crippen molar-refractivity contribution >= 4 is 43.0 Å². The van der Waals surface area contributed by atoms with Crippen molar-refractivity contribution in [2.24, 2.45) is 5.41 Å². The van der Waals surface area contributed by atoms with Gasteiger partial charge in [0.2, 0.25) is 0 Å². The van der Waals surface area contributed by atoms with Crippen molar-refractivity contribution in [1.29, 1.82) is 0 Å². The lowest BCUT2D eigenvalue weighted by atomic mass is 9.90. The Labute approximate surface area is 268 Å². The summed E-state index contributed by atoms with van der Waals surface area (Å²) >= 11 is 12.6. The van der Waals surface area contributed by atoms with Gasteiger partial charge < -0.3 is 9.16 Å². The SMILES string of the molecule is C=C(C)c1ccc2c(c1)C(=O)N([C@@H](C)c1ccc(Cl)cc1)[C@@]2(OCC1(CO[Si](C)(C)C(C)(C)C)CC1)c1ccc(Cl)cc1. The predicted octanol–water partition coefficient (Wildman–Crippen LogP) is 10.3. The molecule has 3 aromatic carbocycles. The molecule has 0 unspecified atom stereocenters. The third-order valence-electron chi connectivity index (χ3n) is 9.73. The Kier molecular flexibility index (Phi) is 8.56. The van der Waals surface area contributed by atoms with Gasteiger partial charge in [0.15, 0.2) is 14.0 Å². The molecule has 1 aliphatic heterocycles. The minimum absolute atomic E-state index is 0.0853. The van der Waals surface area contributed by atoms with E-state index < -0.39 is 14.0 Å². The van der Waals surface area contributed by atoms with Gasteiger partial charge in [0.05, 0.1) is 12.6 Å². The summed E-state index contributed by atoms with van der Waals surface area (Å²) in [7, 11) is -1.94. The van der Waals surface area contributed by atoms with E-state index in [0.717, 1.165) is 40.7 Å². The zero-order chi connectivity index (χ0) is 31.4. The summed E-state index contributed by atoms with van der Waals surface area (Å²) in [6.07, 6.45) is 2.06. The van der Waals surface area contributed by atoms with Gasteiger partial charge >= 0.3 is 0 Å². The minimum Gasteiger partial charge on any atom is -0.416 e. The molecule has 1 heterocycles. The first-order chi connectivity index (χ1) is 20.1. The fourth-order valence-corrected chi connectivity index (χ4v) is 6.89. The summed E-state index contributed by atoms with van der Waals surface area (Å²) in [5.74, 6) is -0.0853. The Hall–Kier alpha value is -2.41. The molecule has 43 heavy (non-hydrogen) atoms. The number of benzene rings is 3. The number of allylic oxidation sites excluding steroid dienone is 1. The van der Waals surface area contributed by atoms with E-state index in [1.54, 1.807) is 0 Å². The molecular formula is C36H43Cl2NO3Si. The average molecular weight is 637 g/mol. The maximum Gasteiger partial charge on any atom is 0.257 e. The summed E-state index contributed by atoms with van der Waals surface area (Å²) in [4.78, 5) is 16.5. The van der Waals surface area contributed by atoms with Crippen LogP contribution in [0.25, 0.3) is 5.57 Å². The average Bonchev–Trinajstić information content (AvgIpc) is 3.69. The van der Waals surface area contributed by atoms with E-state index in [1.807, 2.05) is 85.5 Å². The molecule has 1 saturated carbocycles.